The predicted molar refractivity (Wildman–Crippen MR) is 114 cm³/mol. The summed E-state index contributed by atoms with van der Waals surface area (Å²) in [6.07, 6.45) is 6.63. The number of rotatable bonds is 15. The normalized spacial score (nSPS) is 21.4. The quantitative estimate of drug-likeness (QED) is 0.389. The maximum Gasteiger partial charge on any atom is 0.500 e. The van der Waals surface area contributed by atoms with Crippen LogP contribution >= 0.6 is 0 Å². The summed E-state index contributed by atoms with van der Waals surface area (Å²) in [6, 6.07) is 2.24. The first-order valence-corrected chi connectivity index (χ1v) is 14.1. The van der Waals surface area contributed by atoms with E-state index in [1.165, 1.54) is 12.8 Å². The van der Waals surface area contributed by atoms with E-state index in [1.807, 2.05) is 0 Å². The molecule has 1 saturated carbocycles. The second-order valence-electron chi connectivity index (χ2n) is 7.35. The molecule has 0 aliphatic heterocycles. The van der Waals surface area contributed by atoms with Gasteiger partial charge in [-0.3, -0.25) is 4.90 Å². The van der Waals surface area contributed by atoms with E-state index in [2.05, 4.69) is 4.90 Å². The molecule has 0 aromatic heterocycles. The molecule has 2 atom stereocenters. The Morgan fingerprint density at radius 2 is 1.11 bits per heavy atom. The van der Waals surface area contributed by atoms with E-state index in [0.717, 1.165) is 50.9 Å². The zero-order valence-corrected chi connectivity index (χ0v) is 20.7. The van der Waals surface area contributed by atoms with Crippen LogP contribution in [0.15, 0.2) is 0 Å². The highest BCUT2D eigenvalue weighted by Crippen LogP contribution is 2.25. The lowest BCUT2D eigenvalue weighted by Gasteiger charge is -2.39. The van der Waals surface area contributed by atoms with Crippen molar-refractivity contribution in [1.29, 1.82) is 0 Å². The summed E-state index contributed by atoms with van der Waals surface area (Å²) in [6.45, 7) is 1.90. The average Bonchev–Trinajstić information content (AvgIpc) is 2.74. The Labute approximate surface area is 173 Å². The maximum absolute atomic E-state index is 6.48. The molecule has 0 saturated heterocycles. The Bertz CT molecular complexity index is 371. The molecule has 1 fully saturated rings. The van der Waals surface area contributed by atoms with Crippen molar-refractivity contribution >= 4 is 17.6 Å². The summed E-state index contributed by atoms with van der Waals surface area (Å²) in [5.41, 5.74) is 6.48. The van der Waals surface area contributed by atoms with Gasteiger partial charge in [-0.2, -0.15) is 0 Å². The van der Waals surface area contributed by atoms with Gasteiger partial charge in [0, 0.05) is 66.8 Å². The fourth-order valence-corrected chi connectivity index (χ4v) is 7.55. The fraction of sp³-hybridized carbons (Fsp3) is 1.00. The number of nitrogens with zero attached hydrogens (tertiary/aromatic N) is 1. The third kappa shape index (κ3) is 7.42. The molecule has 0 bridgehead atoms. The van der Waals surface area contributed by atoms with Crippen molar-refractivity contribution in [3.8, 4) is 0 Å². The van der Waals surface area contributed by atoms with Crippen molar-refractivity contribution in [2.75, 3.05) is 55.7 Å². The number of hydrogen-bond acceptors (Lipinski definition) is 8. The van der Waals surface area contributed by atoms with E-state index < -0.39 is 17.6 Å². The Hall–Kier alpha value is 0.114. The summed E-state index contributed by atoms with van der Waals surface area (Å²) < 4.78 is 33.4. The van der Waals surface area contributed by atoms with Gasteiger partial charge in [-0.1, -0.05) is 12.8 Å². The lowest BCUT2D eigenvalue weighted by molar-refractivity contribution is 0.107. The lowest BCUT2D eigenvalue weighted by Crippen LogP contribution is -2.51. The van der Waals surface area contributed by atoms with Gasteiger partial charge in [0.15, 0.2) is 0 Å². The van der Waals surface area contributed by atoms with Crippen molar-refractivity contribution < 1.29 is 26.6 Å². The van der Waals surface area contributed by atoms with Gasteiger partial charge in [0.25, 0.3) is 0 Å². The fourth-order valence-electron chi connectivity index (χ4n) is 4.15. The lowest BCUT2D eigenvalue weighted by atomic mass is 9.89. The van der Waals surface area contributed by atoms with Crippen LogP contribution in [-0.4, -0.2) is 90.3 Å². The van der Waals surface area contributed by atoms with Crippen LogP contribution in [-0.2, 0) is 26.6 Å². The van der Waals surface area contributed by atoms with Crippen LogP contribution in [0.1, 0.15) is 38.5 Å². The first-order valence-electron chi connectivity index (χ1n) is 10.3. The van der Waals surface area contributed by atoms with Crippen LogP contribution in [0.4, 0.5) is 0 Å². The van der Waals surface area contributed by atoms with Crippen LogP contribution in [0, 0.1) is 0 Å². The van der Waals surface area contributed by atoms with Crippen molar-refractivity contribution in [1.82, 2.24) is 4.90 Å². The Morgan fingerprint density at radius 1 is 0.714 bits per heavy atom. The second kappa shape index (κ2) is 13.4. The van der Waals surface area contributed by atoms with Crippen molar-refractivity contribution in [2.24, 2.45) is 5.73 Å². The molecular formula is C18H42N2O6Si2. The molecular weight excluding hydrogens is 396 g/mol. The van der Waals surface area contributed by atoms with E-state index in [9.17, 15) is 0 Å². The minimum atomic E-state index is -2.54. The van der Waals surface area contributed by atoms with E-state index in [0.29, 0.717) is 6.04 Å². The predicted octanol–water partition coefficient (Wildman–Crippen LogP) is 2.09. The number of nitrogens with two attached hydrogens (primary N) is 1. The largest absolute Gasteiger partial charge is 0.500 e. The van der Waals surface area contributed by atoms with E-state index in [-0.39, 0.29) is 6.04 Å². The van der Waals surface area contributed by atoms with E-state index in [4.69, 9.17) is 32.3 Å². The van der Waals surface area contributed by atoms with Crippen LogP contribution < -0.4 is 5.73 Å². The zero-order chi connectivity index (χ0) is 21.0. The molecule has 1 rings (SSSR count). The maximum atomic E-state index is 6.48. The summed E-state index contributed by atoms with van der Waals surface area (Å²) in [5, 5.41) is 0. The highest BCUT2D eigenvalue weighted by Gasteiger charge is 2.39. The molecule has 1 aliphatic rings. The smallest absolute Gasteiger partial charge is 0.377 e. The van der Waals surface area contributed by atoms with E-state index in [1.54, 1.807) is 42.7 Å². The summed E-state index contributed by atoms with van der Waals surface area (Å²) in [7, 11) is 4.91. The first-order chi connectivity index (χ1) is 13.4. The third-order valence-electron chi connectivity index (χ3n) is 5.97. The molecule has 0 aromatic carbocycles. The summed E-state index contributed by atoms with van der Waals surface area (Å²) >= 11 is 0. The second-order valence-corrected chi connectivity index (χ2v) is 13.5. The Morgan fingerprint density at radius 3 is 1.46 bits per heavy atom. The number of hydrogen-bond donors (Lipinski definition) is 1. The molecule has 168 valence electrons. The van der Waals surface area contributed by atoms with E-state index >= 15 is 0 Å². The van der Waals surface area contributed by atoms with Crippen LogP contribution in [0.5, 0.6) is 0 Å². The van der Waals surface area contributed by atoms with Crippen LogP contribution in [0.2, 0.25) is 12.1 Å². The molecule has 0 heterocycles. The third-order valence-corrected chi connectivity index (χ3v) is 11.6. The molecule has 1 aliphatic carbocycles. The molecule has 8 nitrogen and oxygen atoms in total. The minimum Gasteiger partial charge on any atom is -0.377 e. The SMILES string of the molecule is CO[Si](CCCN(CCC[Si](OC)(OC)OC)[C@@H]1CCCC[C@H]1N)(OC)OC. The van der Waals surface area contributed by atoms with Crippen molar-refractivity contribution in [3.63, 3.8) is 0 Å². The van der Waals surface area contributed by atoms with Gasteiger partial charge in [0.2, 0.25) is 0 Å². The topological polar surface area (TPSA) is 84.6 Å². The van der Waals surface area contributed by atoms with Gasteiger partial charge in [-0.15, -0.1) is 0 Å². The zero-order valence-electron chi connectivity index (χ0n) is 18.7. The van der Waals surface area contributed by atoms with Gasteiger partial charge in [-0.25, -0.2) is 0 Å². The van der Waals surface area contributed by atoms with Crippen LogP contribution in [0.3, 0.4) is 0 Å². The van der Waals surface area contributed by atoms with Crippen molar-refractivity contribution in [2.45, 2.75) is 62.7 Å². The van der Waals surface area contributed by atoms with Gasteiger partial charge < -0.3 is 32.3 Å². The first kappa shape index (κ1) is 26.1. The highest BCUT2D eigenvalue weighted by atomic mass is 28.4. The monoisotopic (exact) mass is 438 g/mol. The summed E-state index contributed by atoms with van der Waals surface area (Å²) in [5.74, 6) is 0. The van der Waals surface area contributed by atoms with Gasteiger partial charge in [0.05, 0.1) is 0 Å². The Kier molecular flexibility index (Phi) is 12.5. The van der Waals surface area contributed by atoms with Gasteiger partial charge in [-0.05, 0) is 38.8 Å². The molecule has 2 N–H and O–H groups in total. The molecule has 10 heteroatoms. The minimum absolute atomic E-state index is 0.234. The standard InChI is InChI=1S/C18H42N2O6Si2/c1-21-27(22-2,23-3)15-9-13-20(18-12-8-7-11-17(18)19)14-10-16-28(24-4,25-5)26-6/h17-18H,7-16,19H2,1-6H3/t17-,18-/m1/s1. The molecule has 0 amide bonds. The molecule has 0 unspecified atom stereocenters. The summed E-state index contributed by atoms with van der Waals surface area (Å²) in [4.78, 5) is 2.53. The van der Waals surface area contributed by atoms with Crippen molar-refractivity contribution in [3.05, 3.63) is 0 Å². The molecule has 28 heavy (non-hydrogen) atoms. The Balaban J connectivity index is 2.69. The molecule has 0 aromatic rings. The van der Waals surface area contributed by atoms with Gasteiger partial charge >= 0.3 is 17.6 Å². The molecule has 0 radical (unpaired) electrons. The van der Waals surface area contributed by atoms with Crippen LogP contribution in [0.25, 0.3) is 0 Å². The molecule has 0 spiro atoms. The highest BCUT2D eigenvalue weighted by molar-refractivity contribution is 6.60. The average molecular weight is 439 g/mol. The van der Waals surface area contributed by atoms with Gasteiger partial charge in [0.1, 0.15) is 0 Å².